The molecule has 102 valence electrons. The molecular weight excluding hydrogens is 244 g/mol. The summed E-state index contributed by atoms with van der Waals surface area (Å²) in [7, 11) is 0. The first-order chi connectivity index (χ1) is 9.11. The molecule has 0 aliphatic carbocycles. The van der Waals surface area contributed by atoms with Crippen molar-refractivity contribution in [3.63, 3.8) is 0 Å². The molecule has 0 spiro atoms. The van der Waals surface area contributed by atoms with E-state index >= 15 is 0 Å². The van der Waals surface area contributed by atoms with Crippen LogP contribution in [0.5, 0.6) is 0 Å². The van der Waals surface area contributed by atoms with Gasteiger partial charge in [-0.1, -0.05) is 31.0 Å². The lowest BCUT2D eigenvalue weighted by molar-refractivity contribution is -0.145. The lowest BCUT2D eigenvalue weighted by atomic mass is 10.0. The van der Waals surface area contributed by atoms with Gasteiger partial charge < -0.3 is 9.47 Å². The Morgan fingerprint density at radius 2 is 2.21 bits per heavy atom. The van der Waals surface area contributed by atoms with Crippen molar-refractivity contribution >= 4 is 11.9 Å². The Hall–Kier alpha value is -1.84. The largest absolute Gasteiger partial charge is 0.466 e. The predicted molar refractivity (Wildman–Crippen MR) is 69.8 cm³/mol. The van der Waals surface area contributed by atoms with Crippen LogP contribution in [0.15, 0.2) is 18.2 Å². The number of esters is 2. The van der Waals surface area contributed by atoms with Crippen molar-refractivity contribution in [3.8, 4) is 0 Å². The van der Waals surface area contributed by atoms with E-state index in [1.54, 1.807) is 6.07 Å². The van der Waals surface area contributed by atoms with Crippen LogP contribution in [0.2, 0.25) is 0 Å². The van der Waals surface area contributed by atoms with E-state index in [-0.39, 0.29) is 18.4 Å². The molecule has 0 N–H and O–H groups in total. The lowest BCUT2D eigenvalue weighted by Crippen LogP contribution is -2.11. The zero-order valence-corrected chi connectivity index (χ0v) is 11.3. The minimum atomic E-state index is -0.503. The van der Waals surface area contributed by atoms with E-state index in [9.17, 15) is 9.59 Å². The molecule has 0 fully saturated rings. The Kier molecular flexibility index (Phi) is 4.20. The number of rotatable bonds is 5. The summed E-state index contributed by atoms with van der Waals surface area (Å²) in [6, 6.07) is 5.55. The lowest BCUT2D eigenvalue weighted by Gasteiger charge is -2.10. The van der Waals surface area contributed by atoms with Gasteiger partial charge in [-0.05, 0) is 19.4 Å². The summed E-state index contributed by atoms with van der Waals surface area (Å²) in [5.74, 6) is -0.676. The standard InChI is InChI=1S/C15H18O4/c1-3-4-7-18-14(16)9-13-11-6-5-10(2)8-12(11)15(17)19-13/h5-6,8,13H,3-4,7,9H2,1-2H3. The van der Waals surface area contributed by atoms with Gasteiger partial charge in [0.15, 0.2) is 0 Å². The van der Waals surface area contributed by atoms with Crippen LogP contribution in [-0.4, -0.2) is 18.5 Å². The Morgan fingerprint density at radius 3 is 2.95 bits per heavy atom. The molecule has 0 aromatic heterocycles. The highest BCUT2D eigenvalue weighted by Gasteiger charge is 2.32. The molecular formula is C15H18O4. The Balaban J connectivity index is 2.01. The van der Waals surface area contributed by atoms with Gasteiger partial charge in [0.2, 0.25) is 0 Å². The summed E-state index contributed by atoms with van der Waals surface area (Å²) in [6.07, 6.45) is 1.42. The highest BCUT2D eigenvalue weighted by Crippen LogP contribution is 2.33. The molecule has 4 heteroatoms. The first kappa shape index (κ1) is 13.6. The molecule has 0 saturated heterocycles. The predicted octanol–water partition coefficient (Wildman–Crippen LogP) is 2.94. The summed E-state index contributed by atoms with van der Waals surface area (Å²) in [5, 5.41) is 0. The number of fused-ring (bicyclic) bond motifs is 1. The van der Waals surface area contributed by atoms with Crippen LogP contribution >= 0.6 is 0 Å². The molecule has 4 nitrogen and oxygen atoms in total. The molecule has 1 unspecified atom stereocenters. The van der Waals surface area contributed by atoms with E-state index in [1.807, 2.05) is 26.0 Å². The van der Waals surface area contributed by atoms with Crippen LogP contribution < -0.4 is 0 Å². The van der Waals surface area contributed by atoms with Gasteiger partial charge in [0.25, 0.3) is 0 Å². The van der Waals surface area contributed by atoms with Crippen molar-refractivity contribution < 1.29 is 19.1 Å². The SMILES string of the molecule is CCCCOC(=O)CC1OC(=O)c2cc(C)ccc21. The number of carbonyl (C=O) groups is 2. The first-order valence-corrected chi connectivity index (χ1v) is 6.59. The number of aryl methyl sites for hydroxylation is 1. The number of carbonyl (C=O) groups excluding carboxylic acids is 2. The average Bonchev–Trinajstić information content (AvgIpc) is 2.66. The van der Waals surface area contributed by atoms with Crippen molar-refractivity contribution in [1.29, 1.82) is 0 Å². The van der Waals surface area contributed by atoms with Crippen molar-refractivity contribution in [2.75, 3.05) is 6.61 Å². The van der Waals surface area contributed by atoms with E-state index in [1.165, 1.54) is 0 Å². The van der Waals surface area contributed by atoms with Gasteiger partial charge in [-0.25, -0.2) is 4.79 Å². The topological polar surface area (TPSA) is 52.6 Å². The summed E-state index contributed by atoms with van der Waals surface area (Å²) in [4.78, 5) is 23.3. The first-order valence-electron chi connectivity index (χ1n) is 6.59. The van der Waals surface area contributed by atoms with Crippen LogP contribution in [0.1, 0.15) is 53.8 Å². The molecule has 0 radical (unpaired) electrons. The fourth-order valence-corrected chi connectivity index (χ4v) is 2.08. The zero-order chi connectivity index (χ0) is 13.8. The third-order valence-corrected chi connectivity index (χ3v) is 3.14. The van der Waals surface area contributed by atoms with Gasteiger partial charge in [-0.2, -0.15) is 0 Å². The second kappa shape index (κ2) is 5.87. The molecule has 1 aromatic rings. The maximum atomic E-state index is 11.7. The third kappa shape index (κ3) is 3.13. The van der Waals surface area contributed by atoms with Crippen molar-refractivity contribution in [1.82, 2.24) is 0 Å². The van der Waals surface area contributed by atoms with Crippen molar-refractivity contribution in [3.05, 3.63) is 34.9 Å². The van der Waals surface area contributed by atoms with Gasteiger partial charge in [-0.15, -0.1) is 0 Å². The Labute approximate surface area is 112 Å². The molecule has 1 aliphatic rings. The maximum absolute atomic E-state index is 11.7. The fourth-order valence-electron chi connectivity index (χ4n) is 2.08. The summed E-state index contributed by atoms with van der Waals surface area (Å²) in [5.41, 5.74) is 2.34. The van der Waals surface area contributed by atoms with Gasteiger partial charge in [0.05, 0.1) is 18.6 Å². The smallest absolute Gasteiger partial charge is 0.339 e. The minimum absolute atomic E-state index is 0.0888. The monoisotopic (exact) mass is 262 g/mol. The van der Waals surface area contributed by atoms with Gasteiger partial charge in [0, 0.05) is 5.56 Å². The van der Waals surface area contributed by atoms with Crippen LogP contribution in [0.3, 0.4) is 0 Å². The highest BCUT2D eigenvalue weighted by molar-refractivity contribution is 5.94. The zero-order valence-electron chi connectivity index (χ0n) is 11.3. The quantitative estimate of drug-likeness (QED) is 0.604. The van der Waals surface area contributed by atoms with Crippen LogP contribution in [0.4, 0.5) is 0 Å². The number of hydrogen-bond acceptors (Lipinski definition) is 4. The Bertz CT molecular complexity index is 493. The van der Waals surface area contributed by atoms with E-state index in [0.29, 0.717) is 12.2 Å². The number of unbranched alkanes of at least 4 members (excludes halogenated alkanes) is 1. The van der Waals surface area contributed by atoms with Gasteiger partial charge in [0.1, 0.15) is 6.10 Å². The second-order valence-electron chi connectivity index (χ2n) is 4.76. The Morgan fingerprint density at radius 1 is 1.42 bits per heavy atom. The highest BCUT2D eigenvalue weighted by atomic mass is 16.6. The van der Waals surface area contributed by atoms with E-state index in [2.05, 4.69) is 0 Å². The van der Waals surface area contributed by atoms with Crippen LogP contribution in [0, 0.1) is 6.92 Å². The average molecular weight is 262 g/mol. The van der Waals surface area contributed by atoms with Crippen molar-refractivity contribution in [2.45, 2.75) is 39.2 Å². The van der Waals surface area contributed by atoms with E-state index in [0.717, 1.165) is 24.0 Å². The number of benzene rings is 1. The molecule has 19 heavy (non-hydrogen) atoms. The van der Waals surface area contributed by atoms with Crippen LogP contribution in [-0.2, 0) is 14.3 Å². The van der Waals surface area contributed by atoms with E-state index < -0.39 is 6.10 Å². The molecule has 1 heterocycles. The summed E-state index contributed by atoms with van der Waals surface area (Å²) < 4.78 is 10.3. The summed E-state index contributed by atoms with van der Waals surface area (Å²) >= 11 is 0. The molecule has 0 amide bonds. The fraction of sp³-hybridized carbons (Fsp3) is 0.467. The molecule has 0 saturated carbocycles. The van der Waals surface area contributed by atoms with E-state index in [4.69, 9.17) is 9.47 Å². The molecule has 1 aliphatic heterocycles. The second-order valence-corrected chi connectivity index (χ2v) is 4.76. The third-order valence-electron chi connectivity index (χ3n) is 3.14. The minimum Gasteiger partial charge on any atom is -0.466 e. The molecule has 1 aromatic carbocycles. The maximum Gasteiger partial charge on any atom is 0.339 e. The van der Waals surface area contributed by atoms with Crippen molar-refractivity contribution in [2.24, 2.45) is 0 Å². The molecule has 2 rings (SSSR count). The normalized spacial score (nSPS) is 16.9. The summed E-state index contributed by atoms with van der Waals surface area (Å²) in [6.45, 7) is 4.38. The van der Waals surface area contributed by atoms with Gasteiger partial charge in [-0.3, -0.25) is 4.79 Å². The number of ether oxygens (including phenoxy) is 2. The molecule has 1 atom stereocenters. The number of cyclic esters (lactones) is 1. The van der Waals surface area contributed by atoms with Crippen LogP contribution in [0.25, 0.3) is 0 Å². The number of hydrogen-bond donors (Lipinski definition) is 0. The molecule has 0 bridgehead atoms. The van der Waals surface area contributed by atoms with Gasteiger partial charge >= 0.3 is 11.9 Å².